The summed E-state index contributed by atoms with van der Waals surface area (Å²) in [6.45, 7) is -0.0158. The van der Waals surface area contributed by atoms with Crippen molar-refractivity contribution in [3.8, 4) is 5.75 Å². The third kappa shape index (κ3) is 4.10. The van der Waals surface area contributed by atoms with Gasteiger partial charge in [-0.15, -0.1) is 0 Å². The van der Waals surface area contributed by atoms with E-state index < -0.39 is 4.92 Å². The monoisotopic (exact) mass is 278 g/mol. The lowest BCUT2D eigenvalue weighted by Crippen LogP contribution is -2.00. The van der Waals surface area contributed by atoms with Crippen LogP contribution in [-0.2, 0) is 0 Å². The van der Waals surface area contributed by atoms with Crippen molar-refractivity contribution in [3.63, 3.8) is 0 Å². The van der Waals surface area contributed by atoms with E-state index >= 15 is 0 Å². The molecule has 0 aromatic heterocycles. The maximum atomic E-state index is 10.7. The van der Waals surface area contributed by atoms with Gasteiger partial charge in [0, 0.05) is 12.1 Å². The molecule has 0 aliphatic carbocycles. The van der Waals surface area contributed by atoms with Crippen LogP contribution in [0.2, 0.25) is 0 Å². The Hall–Kier alpha value is -1.50. The van der Waals surface area contributed by atoms with Crippen LogP contribution in [0, 0.1) is 10.1 Å². The molecule has 6 nitrogen and oxygen atoms in total. The Morgan fingerprint density at radius 1 is 1.59 bits per heavy atom. The van der Waals surface area contributed by atoms with Gasteiger partial charge in [-0.1, -0.05) is 23.2 Å². The van der Waals surface area contributed by atoms with Gasteiger partial charge in [0.25, 0.3) is 0 Å². The Bertz CT molecular complexity index is 447. The van der Waals surface area contributed by atoms with Gasteiger partial charge in [-0.25, -0.2) is 0 Å². The van der Waals surface area contributed by atoms with Crippen molar-refractivity contribution in [2.45, 2.75) is 0 Å². The lowest BCUT2D eigenvalue weighted by Gasteiger charge is -2.06. The molecule has 0 radical (unpaired) electrons. The van der Waals surface area contributed by atoms with Crippen LogP contribution in [0.5, 0.6) is 5.75 Å². The zero-order chi connectivity index (χ0) is 12.8. The van der Waals surface area contributed by atoms with Crippen LogP contribution in [-0.4, -0.2) is 16.7 Å². The fourth-order valence-corrected chi connectivity index (χ4v) is 1.17. The van der Waals surface area contributed by atoms with E-state index in [1.807, 2.05) is 5.48 Å². The normalized spacial score (nSPS) is 9.59. The smallest absolute Gasteiger partial charge is 0.311 e. The van der Waals surface area contributed by atoms with Gasteiger partial charge in [-0.3, -0.25) is 20.8 Å². The molecule has 0 bridgehead atoms. The van der Waals surface area contributed by atoms with Gasteiger partial charge < -0.3 is 4.74 Å². The zero-order valence-electron chi connectivity index (χ0n) is 8.39. The van der Waals surface area contributed by atoms with Crippen LogP contribution in [0.25, 0.3) is 0 Å². The molecule has 0 aliphatic heterocycles. The number of hydrogen-bond acceptors (Lipinski definition) is 5. The SMILES string of the molecule is O=[N+]([O-])c1ccc(NO)cc1OCC=C(Cl)Cl. The number of rotatable bonds is 5. The summed E-state index contributed by atoms with van der Waals surface area (Å²) in [6, 6.07) is 3.84. The molecule has 0 atom stereocenters. The van der Waals surface area contributed by atoms with Crippen LogP contribution in [0.4, 0.5) is 11.4 Å². The summed E-state index contributed by atoms with van der Waals surface area (Å²) in [5.41, 5.74) is 1.91. The fraction of sp³-hybridized carbons (Fsp3) is 0.111. The van der Waals surface area contributed by atoms with E-state index in [4.69, 9.17) is 33.1 Å². The molecule has 1 aromatic carbocycles. The number of nitrogens with one attached hydrogen (secondary N) is 1. The number of nitrogens with zero attached hydrogens (tertiary/aromatic N) is 1. The molecule has 0 aliphatic rings. The standard InChI is InChI=1S/C9H8Cl2N2O4/c10-9(11)3-4-17-8-5-6(12-14)1-2-7(8)13(15)16/h1-3,5,12,14H,4H2. The lowest BCUT2D eigenvalue weighted by molar-refractivity contribution is -0.385. The van der Waals surface area contributed by atoms with Crippen LogP contribution in [0.3, 0.4) is 0 Å². The Kier molecular flexibility index (Phi) is 5.02. The van der Waals surface area contributed by atoms with E-state index in [2.05, 4.69) is 0 Å². The van der Waals surface area contributed by atoms with Gasteiger partial charge in [-0.2, -0.15) is 0 Å². The van der Waals surface area contributed by atoms with Crippen molar-refractivity contribution >= 4 is 34.6 Å². The Labute approximate surface area is 107 Å². The first kappa shape index (κ1) is 13.6. The summed E-state index contributed by atoms with van der Waals surface area (Å²) < 4.78 is 5.12. The number of nitro benzene ring substituents is 1. The van der Waals surface area contributed by atoms with Gasteiger partial charge in [0.1, 0.15) is 11.1 Å². The molecule has 2 N–H and O–H groups in total. The predicted octanol–water partition coefficient (Wildman–Crippen LogP) is 3.09. The first-order chi connectivity index (χ1) is 8.04. The average Bonchev–Trinajstić information content (AvgIpc) is 2.28. The Morgan fingerprint density at radius 3 is 2.82 bits per heavy atom. The summed E-state index contributed by atoms with van der Waals surface area (Å²) in [7, 11) is 0. The van der Waals surface area contributed by atoms with Gasteiger partial charge in [0.2, 0.25) is 0 Å². The Balaban J connectivity index is 2.93. The lowest BCUT2D eigenvalue weighted by atomic mass is 10.2. The van der Waals surface area contributed by atoms with Crippen molar-refractivity contribution in [2.75, 3.05) is 12.1 Å². The molecule has 0 saturated heterocycles. The van der Waals surface area contributed by atoms with E-state index in [1.165, 1.54) is 24.3 Å². The van der Waals surface area contributed by atoms with Crippen molar-refractivity contribution in [2.24, 2.45) is 0 Å². The fourth-order valence-electron chi connectivity index (χ4n) is 1.04. The molecular weight excluding hydrogens is 271 g/mol. The largest absolute Gasteiger partial charge is 0.482 e. The van der Waals surface area contributed by atoms with Gasteiger partial charge in [0.15, 0.2) is 5.75 Å². The Morgan fingerprint density at radius 2 is 2.29 bits per heavy atom. The molecule has 0 amide bonds. The minimum Gasteiger partial charge on any atom is -0.482 e. The second-order valence-electron chi connectivity index (χ2n) is 2.86. The van der Waals surface area contributed by atoms with Crippen molar-refractivity contribution in [1.29, 1.82) is 0 Å². The second-order valence-corrected chi connectivity index (χ2v) is 3.86. The number of ether oxygens (including phenoxy) is 1. The van der Waals surface area contributed by atoms with E-state index in [0.29, 0.717) is 0 Å². The van der Waals surface area contributed by atoms with Crippen LogP contribution in [0.15, 0.2) is 28.8 Å². The molecule has 0 saturated carbocycles. The molecule has 92 valence electrons. The third-order valence-electron chi connectivity index (χ3n) is 1.76. The van der Waals surface area contributed by atoms with Gasteiger partial charge in [-0.05, 0) is 12.1 Å². The second kappa shape index (κ2) is 6.29. The van der Waals surface area contributed by atoms with Gasteiger partial charge in [0.05, 0.1) is 10.6 Å². The summed E-state index contributed by atoms with van der Waals surface area (Å²) >= 11 is 10.7. The molecule has 0 heterocycles. The highest BCUT2D eigenvalue weighted by molar-refractivity contribution is 6.55. The number of benzene rings is 1. The first-order valence-corrected chi connectivity index (χ1v) is 5.12. The molecule has 0 spiro atoms. The van der Waals surface area contributed by atoms with Crippen LogP contribution in [0.1, 0.15) is 0 Å². The maximum absolute atomic E-state index is 10.7. The highest BCUT2D eigenvalue weighted by Crippen LogP contribution is 2.29. The van der Waals surface area contributed by atoms with Crippen molar-refractivity contribution < 1.29 is 14.9 Å². The van der Waals surface area contributed by atoms with Crippen LogP contribution >= 0.6 is 23.2 Å². The molecule has 0 fully saturated rings. The van der Waals surface area contributed by atoms with E-state index in [9.17, 15) is 10.1 Å². The minimum atomic E-state index is -0.595. The highest BCUT2D eigenvalue weighted by Gasteiger charge is 2.15. The summed E-state index contributed by atoms with van der Waals surface area (Å²) in [5, 5.41) is 19.4. The summed E-state index contributed by atoms with van der Waals surface area (Å²) in [5.74, 6) is -0.000108. The summed E-state index contributed by atoms with van der Waals surface area (Å²) in [4.78, 5) is 10.1. The third-order valence-corrected chi connectivity index (χ3v) is 2.07. The quantitative estimate of drug-likeness (QED) is 0.639. The number of nitro groups is 1. The first-order valence-electron chi connectivity index (χ1n) is 4.37. The molecule has 17 heavy (non-hydrogen) atoms. The zero-order valence-corrected chi connectivity index (χ0v) is 9.90. The van der Waals surface area contributed by atoms with Crippen molar-refractivity contribution in [3.05, 3.63) is 38.9 Å². The number of anilines is 1. The average molecular weight is 279 g/mol. The molecule has 1 aromatic rings. The van der Waals surface area contributed by atoms with E-state index in [-0.39, 0.29) is 28.2 Å². The van der Waals surface area contributed by atoms with Crippen molar-refractivity contribution in [1.82, 2.24) is 0 Å². The van der Waals surface area contributed by atoms with Gasteiger partial charge >= 0.3 is 5.69 Å². The molecule has 8 heteroatoms. The number of hydrogen-bond donors (Lipinski definition) is 2. The molecule has 1 rings (SSSR count). The predicted molar refractivity (Wildman–Crippen MR) is 63.8 cm³/mol. The molecular formula is C9H8Cl2N2O4. The van der Waals surface area contributed by atoms with E-state index in [0.717, 1.165) is 0 Å². The van der Waals surface area contributed by atoms with Crippen LogP contribution < -0.4 is 10.2 Å². The summed E-state index contributed by atoms with van der Waals surface area (Å²) in [6.07, 6.45) is 1.34. The minimum absolute atomic E-state index is 0.000108. The maximum Gasteiger partial charge on any atom is 0.311 e. The highest BCUT2D eigenvalue weighted by atomic mass is 35.5. The molecule has 0 unspecified atom stereocenters. The topological polar surface area (TPSA) is 84.6 Å². The number of halogens is 2. The van der Waals surface area contributed by atoms with E-state index in [1.54, 1.807) is 0 Å².